The van der Waals surface area contributed by atoms with Gasteiger partial charge in [0.1, 0.15) is 0 Å². The van der Waals surface area contributed by atoms with E-state index in [0.717, 1.165) is 64.7 Å². The number of nitrogens with zero attached hydrogens (tertiary/aromatic N) is 3. The van der Waals surface area contributed by atoms with Crippen LogP contribution < -0.4 is 5.32 Å². The summed E-state index contributed by atoms with van der Waals surface area (Å²) in [5, 5.41) is 3.69. The highest BCUT2D eigenvalue weighted by atomic mass is 16.5. The molecule has 0 aliphatic carbocycles. The molecular formula is C21H40N4O2. The second-order valence-electron chi connectivity index (χ2n) is 9.32. The van der Waals surface area contributed by atoms with Crippen LogP contribution in [0.1, 0.15) is 52.4 Å². The quantitative estimate of drug-likeness (QED) is 0.599. The van der Waals surface area contributed by atoms with E-state index in [2.05, 4.69) is 34.0 Å². The third-order valence-corrected chi connectivity index (χ3v) is 6.89. The summed E-state index contributed by atoms with van der Waals surface area (Å²) in [6.07, 6.45) is 7.70. The Kier molecular flexibility index (Phi) is 7.03. The summed E-state index contributed by atoms with van der Waals surface area (Å²) in [5.41, 5.74) is 0.446. The second-order valence-corrected chi connectivity index (χ2v) is 9.32. The van der Waals surface area contributed by atoms with Gasteiger partial charge in [0, 0.05) is 64.4 Å². The van der Waals surface area contributed by atoms with E-state index >= 15 is 0 Å². The number of ether oxygens (including phenoxy) is 2. The molecule has 3 fully saturated rings. The van der Waals surface area contributed by atoms with Gasteiger partial charge in [-0.15, -0.1) is 0 Å². The molecule has 0 aromatic carbocycles. The zero-order valence-corrected chi connectivity index (χ0v) is 17.9. The van der Waals surface area contributed by atoms with Gasteiger partial charge in [-0.1, -0.05) is 0 Å². The molecule has 27 heavy (non-hydrogen) atoms. The average molecular weight is 381 g/mol. The zero-order valence-electron chi connectivity index (χ0n) is 17.9. The molecule has 1 atom stereocenters. The van der Waals surface area contributed by atoms with E-state index in [-0.39, 0.29) is 5.54 Å². The minimum Gasteiger partial charge on any atom is -0.381 e. The monoisotopic (exact) mass is 380 g/mol. The fourth-order valence-electron chi connectivity index (χ4n) is 5.06. The summed E-state index contributed by atoms with van der Waals surface area (Å²) in [6, 6.07) is 0. The Morgan fingerprint density at radius 3 is 2.59 bits per heavy atom. The zero-order chi connectivity index (χ0) is 19.3. The van der Waals surface area contributed by atoms with Crippen LogP contribution in [0.15, 0.2) is 4.99 Å². The van der Waals surface area contributed by atoms with Crippen LogP contribution in [0.5, 0.6) is 0 Å². The van der Waals surface area contributed by atoms with Crippen LogP contribution in [0.3, 0.4) is 0 Å². The first kappa shape index (κ1) is 20.9. The van der Waals surface area contributed by atoms with Crippen LogP contribution in [0, 0.1) is 5.41 Å². The van der Waals surface area contributed by atoms with Crippen molar-refractivity contribution in [1.29, 1.82) is 0 Å². The van der Waals surface area contributed by atoms with E-state index in [1.807, 2.05) is 14.2 Å². The summed E-state index contributed by atoms with van der Waals surface area (Å²) < 4.78 is 11.4. The van der Waals surface area contributed by atoms with Crippen LogP contribution >= 0.6 is 0 Å². The highest BCUT2D eigenvalue weighted by Crippen LogP contribution is 2.37. The van der Waals surface area contributed by atoms with E-state index < -0.39 is 0 Å². The topological polar surface area (TPSA) is 49.3 Å². The SMILES string of the molecule is CN=C(NCC(C)(C)N1CCC(OC)CC1)N1CCCC2(CCCOC2)C1. The van der Waals surface area contributed by atoms with Crippen molar-refractivity contribution in [2.24, 2.45) is 10.4 Å². The molecular weight excluding hydrogens is 340 g/mol. The Hall–Kier alpha value is -0.850. The highest BCUT2D eigenvalue weighted by molar-refractivity contribution is 5.80. The van der Waals surface area contributed by atoms with Crippen molar-refractivity contribution in [1.82, 2.24) is 15.1 Å². The van der Waals surface area contributed by atoms with E-state index in [0.29, 0.717) is 11.5 Å². The van der Waals surface area contributed by atoms with Gasteiger partial charge in [0.2, 0.25) is 0 Å². The van der Waals surface area contributed by atoms with Gasteiger partial charge in [-0.05, 0) is 52.4 Å². The molecule has 6 nitrogen and oxygen atoms in total. The van der Waals surface area contributed by atoms with Crippen molar-refractivity contribution in [2.75, 3.05) is 60.1 Å². The van der Waals surface area contributed by atoms with Crippen LogP contribution in [-0.4, -0.2) is 87.5 Å². The Morgan fingerprint density at radius 1 is 1.22 bits per heavy atom. The maximum atomic E-state index is 5.83. The standard InChI is InChI=1S/C21H40N4O2/c1-20(2,25-12-7-18(26-4)8-13-25)15-23-19(22-3)24-11-5-9-21(16-24)10-6-14-27-17-21/h18H,5-17H2,1-4H3,(H,22,23). The summed E-state index contributed by atoms with van der Waals surface area (Å²) in [4.78, 5) is 9.67. The molecule has 6 heteroatoms. The molecule has 3 aliphatic heterocycles. The minimum atomic E-state index is 0.107. The minimum absolute atomic E-state index is 0.107. The van der Waals surface area contributed by atoms with Gasteiger partial charge >= 0.3 is 0 Å². The van der Waals surface area contributed by atoms with E-state index in [1.54, 1.807) is 0 Å². The van der Waals surface area contributed by atoms with E-state index in [1.165, 1.54) is 25.7 Å². The number of hydrogen-bond acceptors (Lipinski definition) is 4. The van der Waals surface area contributed by atoms with Crippen molar-refractivity contribution in [3.05, 3.63) is 0 Å². The molecule has 0 amide bonds. The molecule has 3 saturated heterocycles. The highest BCUT2D eigenvalue weighted by Gasteiger charge is 2.38. The summed E-state index contributed by atoms with van der Waals surface area (Å²) >= 11 is 0. The molecule has 3 heterocycles. The van der Waals surface area contributed by atoms with Crippen LogP contribution in [0.4, 0.5) is 0 Å². The lowest BCUT2D eigenvalue weighted by molar-refractivity contribution is -0.0372. The van der Waals surface area contributed by atoms with Crippen molar-refractivity contribution in [3.8, 4) is 0 Å². The summed E-state index contributed by atoms with van der Waals surface area (Å²) in [7, 11) is 3.75. The lowest BCUT2D eigenvalue weighted by atomic mass is 9.76. The van der Waals surface area contributed by atoms with Gasteiger partial charge in [0.15, 0.2) is 5.96 Å². The molecule has 156 valence electrons. The maximum absolute atomic E-state index is 5.83. The molecule has 0 aromatic heterocycles. The van der Waals surface area contributed by atoms with Gasteiger partial charge in [-0.3, -0.25) is 9.89 Å². The average Bonchev–Trinajstić information content (AvgIpc) is 2.69. The van der Waals surface area contributed by atoms with Crippen molar-refractivity contribution >= 4 is 5.96 Å². The Labute approximate surface area is 165 Å². The number of methoxy groups -OCH3 is 1. The normalized spacial score (nSPS) is 29.3. The van der Waals surface area contributed by atoms with Crippen molar-refractivity contribution in [3.63, 3.8) is 0 Å². The predicted molar refractivity (Wildman–Crippen MR) is 110 cm³/mol. The van der Waals surface area contributed by atoms with Gasteiger partial charge in [-0.2, -0.15) is 0 Å². The molecule has 1 unspecified atom stereocenters. The Bertz CT molecular complexity index is 489. The first-order chi connectivity index (χ1) is 13.0. The maximum Gasteiger partial charge on any atom is 0.193 e. The fourth-order valence-corrected chi connectivity index (χ4v) is 5.06. The molecule has 0 aromatic rings. The number of aliphatic imine (C=N–C) groups is 1. The van der Waals surface area contributed by atoms with Crippen LogP contribution in [-0.2, 0) is 9.47 Å². The number of nitrogens with one attached hydrogen (secondary N) is 1. The molecule has 1 N–H and O–H groups in total. The lowest BCUT2D eigenvalue weighted by Crippen LogP contribution is -2.58. The fraction of sp³-hybridized carbons (Fsp3) is 0.952. The third kappa shape index (κ3) is 5.15. The van der Waals surface area contributed by atoms with Crippen LogP contribution in [0.2, 0.25) is 0 Å². The number of guanidine groups is 1. The Balaban J connectivity index is 1.54. The lowest BCUT2D eigenvalue weighted by Gasteiger charge is -2.47. The first-order valence-electron chi connectivity index (χ1n) is 10.8. The molecule has 1 spiro atoms. The number of piperidine rings is 2. The van der Waals surface area contributed by atoms with E-state index in [9.17, 15) is 0 Å². The molecule has 0 bridgehead atoms. The van der Waals surface area contributed by atoms with Gasteiger partial charge < -0.3 is 19.7 Å². The third-order valence-electron chi connectivity index (χ3n) is 6.89. The Morgan fingerprint density at radius 2 is 1.96 bits per heavy atom. The predicted octanol–water partition coefficient (Wildman–Crippen LogP) is 2.34. The largest absolute Gasteiger partial charge is 0.381 e. The first-order valence-corrected chi connectivity index (χ1v) is 10.8. The smallest absolute Gasteiger partial charge is 0.193 e. The molecule has 3 rings (SSSR count). The summed E-state index contributed by atoms with van der Waals surface area (Å²) in [5.74, 6) is 1.06. The van der Waals surface area contributed by atoms with Gasteiger partial charge in [-0.25, -0.2) is 0 Å². The summed E-state index contributed by atoms with van der Waals surface area (Å²) in [6.45, 7) is 11.8. The van der Waals surface area contributed by atoms with E-state index in [4.69, 9.17) is 9.47 Å². The molecule has 3 aliphatic rings. The van der Waals surface area contributed by atoms with Crippen molar-refractivity contribution in [2.45, 2.75) is 64.0 Å². The van der Waals surface area contributed by atoms with Crippen LogP contribution in [0.25, 0.3) is 0 Å². The number of likely N-dealkylation sites (tertiary alicyclic amines) is 2. The number of hydrogen-bond donors (Lipinski definition) is 1. The number of rotatable bonds is 4. The van der Waals surface area contributed by atoms with Gasteiger partial charge in [0.25, 0.3) is 0 Å². The van der Waals surface area contributed by atoms with Crippen molar-refractivity contribution < 1.29 is 9.47 Å². The molecule has 0 saturated carbocycles. The second kappa shape index (κ2) is 9.10. The molecule has 0 radical (unpaired) electrons. The van der Waals surface area contributed by atoms with Gasteiger partial charge in [0.05, 0.1) is 12.7 Å².